The van der Waals surface area contributed by atoms with Gasteiger partial charge in [0.1, 0.15) is 5.71 Å². The van der Waals surface area contributed by atoms with E-state index in [1.807, 2.05) is 35.2 Å². The van der Waals surface area contributed by atoms with Crippen LogP contribution in [0.3, 0.4) is 0 Å². The normalized spacial score (nSPS) is 20.4. The Morgan fingerprint density at radius 2 is 1.84 bits per heavy atom. The molecular formula is C19H25N3O3. The quantitative estimate of drug-likeness (QED) is 0.892. The first-order valence-corrected chi connectivity index (χ1v) is 9.07. The van der Waals surface area contributed by atoms with Crippen LogP contribution in [0.4, 0.5) is 0 Å². The molecule has 0 aliphatic carbocycles. The lowest BCUT2D eigenvalue weighted by atomic mass is 10.0. The first-order chi connectivity index (χ1) is 12.2. The van der Waals surface area contributed by atoms with Gasteiger partial charge >= 0.3 is 0 Å². The fraction of sp³-hybridized carbons (Fsp3) is 0.526. The van der Waals surface area contributed by atoms with Gasteiger partial charge in [-0.2, -0.15) is 0 Å². The molecule has 0 radical (unpaired) electrons. The van der Waals surface area contributed by atoms with E-state index in [1.165, 1.54) is 12.8 Å². The van der Waals surface area contributed by atoms with E-state index >= 15 is 0 Å². The maximum absolute atomic E-state index is 12.2. The number of likely N-dealkylation sites (tertiary alicyclic amines) is 1. The van der Waals surface area contributed by atoms with Crippen LogP contribution in [0.25, 0.3) is 0 Å². The fourth-order valence-corrected chi connectivity index (χ4v) is 3.22. The first-order valence-electron chi connectivity index (χ1n) is 9.07. The number of oxime groups is 1. The Hall–Kier alpha value is -2.37. The van der Waals surface area contributed by atoms with E-state index in [0.29, 0.717) is 25.1 Å². The highest BCUT2D eigenvalue weighted by Gasteiger charge is 2.27. The topological polar surface area (TPSA) is 71.0 Å². The van der Waals surface area contributed by atoms with Crippen molar-refractivity contribution < 1.29 is 14.4 Å². The standard InChI is InChI=1S/C19H25N3O3/c23-18(22-12-6-1-2-7-13-22)10-11-20-19(24)16-14-17(25-21-16)15-8-4-3-5-9-15/h3-5,8-9,17H,1-2,6-7,10-14H2,(H,20,24)/t17-/m1/s1. The average Bonchev–Trinajstić information content (AvgIpc) is 2.98. The number of benzene rings is 1. The number of rotatable bonds is 5. The summed E-state index contributed by atoms with van der Waals surface area (Å²) in [6.07, 6.45) is 5.13. The van der Waals surface area contributed by atoms with Crippen LogP contribution < -0.4 is 5.32 Å². The van der Waals surface area contributed by atoms with Gasteiger partial charge in [0.05, 0.1) is 0 Å². The average molecular weight is 343 g/mol. The van der Waals surface area contributed by atoms with Gasteiger partial charge in [0, 0.05) is 32.5 Å². The van der Waals surface area contributed by atoms with Crippen molar-refractivity contribution in [3.05, 3.63) is 35.9 Å². The zero-order valence-electron chi connectivity index (χ0n) is 14.4. The van der Waals surface area contributed by atoms with Crippen LogP contribution in [-0.2, 0) is 14.4 Å². The number of hydrogen-bond donors (Lipinski definition) is 1. The molecule has 1 saturated heterocycles. The summed E-state index contributed by atoms with van der Waals surface area (Å²) >= 11 is 0. The molecule has 1 atom stereocenters. The van der Waals surface area contributed by atoms with Gasteiger partial charge in [-0.3, -0.25) is 9.59 Å². The molecule has 2 amide bonds. The van der Waals surface area contributed by atoms with E-state index in [2.05, 4.69) is 10.5 Å². The monoisotopic (exact) mass is 343 g/mol. The highest BCUT2D eigenvalue weighted by molar-refractivity contribution is 6.39. The van der Waals surface area contributed by atoms with Crippen LogP contribution in [-0.4, -0.2) is 42.1 Å². The molecular weight excluding hydrogens is 318 g/mol. The second-order valence-corrected chi connectivity index (χ2v) is 6.55. The van der Waals surface area contributed by atoms with Crippen LogP contribution in [0, 0.1) is 0 Å². The molecule has 2 aliphatic rings. The van der Waals surface area contributed by atoms with Crippen molar-refractivity contribution in [1.82, 2.24) is 10.2 Å². The van der Waals surface area contributed by atoms with E-state index in [9.17, 15) is 9.59 Å². The third kappa shape index (κ3) is 4.81. The van der Waals surface area contributed by atoms with E-state index in [-0.39, 0.29) is 17.9 Å². The van der Waals surface area contributed by atoms with E-state index in [4.69, 9.17) is 4.84 Å². The fourth-order valence-electron chi connectivity index (χ4n) is 3.22. The van der Waals surface area contributed by atoms with Crippen molar-refractivity contribution in [2.75, 3.05) is 19.6 Å². The number of carbonyl (C=O) groups is 2. The van der Waals surface area contributed by atoms with Crippen molar-refractivity contribution in [3.63, 3.8) is 0 Å². The molecule has 1 aromatic rings. The molecule has 6 heteroatoms. The van der Waals surface area contributed by atoms with Gasteiger partial charge < -0.3 is 15.1 Å². The smallest absolute Gasteiger partial charge is 0.269 e. The van der Waals surface area contributed by atoms with Crippen molar-refractivity contribution in [2.45, 2.75) is 44.6 Å². The van der Waals surface area contributed by atoms with Gasteiger partial charge in [-0.05, 0) is 18.4 Å². The second-order valence-electron chi connectivity index (χ2n) is 6.55. The van der Waals surface area contributed by atoms with Crippen molar-refractivity contribution in [2.24, 2.45) is 5.16 Å². The maximum atomic E-state index is 12.2. The molecule has 0 unspecified atom stereocenters. The Balaban J connectivity index is 1.40. The molecule has 0 spiro atoms. The first kappa shape index (κ1) is 17.5. The van der Waals surface area contributed by atoms with Gasteiger partial charge in [0.15, 0.2) is 6.10 Å². The van der Waals surface area contributed by atoms with Gasteiger partial charge in [-0.1, -0.05) is 48.3 Å². The van der Waals surface area contributed by atoms with Gasteiger partial charge in [0.2, 0.25) is 5.91 Å². The highest BCUT2D eigenvalue weighted by Crippen LogP contribution is 2.26. The number of carbonyl (C=O) groups excluding carboxylic acids is 2. The van der Waals surface area contributed by atoms with Gasteiger partial charge in [-0.15, -0.1) is 0 Å². The zero-order chi connectivity index (χ0) is 17.5. The van der Waals surface area contributed by atoms with Crippen LogP contribution >= 0.6 is 0 Å². The molecule has 1 N–H and O–H groups in total. The number of nitrogens with one attached hydrogen (secondary N) is 1. The van der Waals surface area contributed by atoms with Crippen LogP contribution in [0.15, 0.2) is 35.5 Å². The largest absolute Gasteiger partial charge is 0.387 e. The zero-order valence-corrected chi connectivity index (χ0v) is 14.4. The van der Waals surface area contributed by atoms with Gasteiger partial charge in [0.25, 0.3) is 5.91 Å². The summed E-state index contributed by atoms with van der Waals surface area (Å²) in [5.74, 6) is -0.129. The van der Waals surface area contributed by atoms with Crippen LogP contribution in [0.2, 0.25) is 0 Å². The molecule has 0 bridgehead atoms. The molecule has 134 valence electrons. The Kier molecular flexibility index (Phi) is 6.04. The number of hydrogen-bond acceptors (Lipinski definition) is 4. The lowest BCUT2D eigenvalue weighted by Crippen LogP contribution is -2.36. The SMILES string of the molecule is O=C(NCCC(=O)N1CCCCCC1)C1=NO[C@@H](c2ccccc2)C1. The summed E-state index contributed by atoms with van der Waals surface area (Å²) < 4.78 is 0. The molecule has 6 nitrogen and oxygen atoms in total. The summed E-state index contributed by atoms with van der Waals surface area (Å²) in [5, 5.41) is 6.69. The highest BCUT2D eigenvalue weighted by atomic mass is 16.6. The molecule has 1 aromatic carbocycles. The molecule has 0 aromatic heterocycles. The van der Waals surface area contributed by atoms with E-state index in [1.54, 1.807) is 0 Å². The summed E-state index contributed by atoms with van der Waals surface area (Å²) in [7, 11) is 0. The predicted molar refractivity (Wildman–Crippen MR) is 95.0 cm³/mol. The van der Waals surface area contributed by atoms with E-state index in [0.717, 1.165) is 31.5 Å². The molecule has 1 fully saturated rings. The van der Waals surface area contributed by atoms with Gasteiger partial charge in [-0.25, -0.2) is 0 Å². The van der Waals surface area contributed by atoms with Crippen molar-refractivity contribution in [1.29, 1.82) is 0 Å². The minimum atomic E-state index is -0.248. The molecule has 2 heterocycles. The van der Waals surface area contributed by atoms with Crippen LogP contribution in [0.1, 0.15) is 50.2 Å². The lowest BCUT2D eigenvalue weighted by Gasteiger charge is -2.20. The third-order valence-corrected chi connectivity index (χ3v) is 4.69. The van der Waals surface area contributed by atoms with Crippen molar-refractivity contribution >= 4 is 17.5 Å². The summed E-state index contributed by atoms with van der Waals surface area (Å²) in [4.78, 5) is 31.7. The minimum absolute atomic E-state index is 0.119. The predicted octanol–water partition coefficient (Wildman–Crippen LogP) is 2.41. The molecule has 0 saturated carbocycles. The maximum Gasteiger partial charge on any atom is 0.269 e. The number of nitrogens with zero attached hydrogens (tertiary/aromatic N) is 2. The Morgan fingerprint density at radius 1 is 1.12 bits per heavy atom. The molecule has 2 aliphatic heterocycles. The lowest BCUT2D eigenvalue weighted by molar-refractivity contribution is -0.131. The summed E-state index contributed by atoms with van der Waals surface area (Å²) in [6, 6.07) is 9.73. The molecule has 25 heavy (non-hydrogen) atoms. The third-order valence-electron chi connectivity index (χ3n) is 4.69. The minimum Gasteiger partial charge on any atom is -0.387 e. The summed E-state index contributed by atoms with van der Waals surface area (Å²) in [5.41, 5.74) is 1.39. The number of amides is 2. The molecule has 3 rings (SSSR count). The Labute approximate surface area is 148 Å². The Bertz CT molecular complexity index is 622. The summed E-state index contributed by atoms with van der Waals surface area (Å²) in [6.45, 7) is 2.02. The van der Waals surface area contributed by atoms with E-state index < -0.39 is 0 Å². The van der Waals surface area contributed by atoms with Crippen LogP contribution in [0.5, 0.6) is 0 Å². The second kappa shape index (κ2) is 8.65. The van der Waals surface area contributed by atoms with Crippen molar-refractivity contribution in [3.8, 4) is 0 Å². The Morgan fingerprint density at radius 3 is 2.56 bits per heavy atom.